The average Bonchev–Trinajstić information content (AvgIpc) is 2.93. The Morgan fingerprint density at radius 3 is 0.941 bits per heavy atom. The summed E-state index contributed by atoms with van der Waals surface area (Å²) >= 11 is 0. The predicted octanol–water partition coefficient (Wildman–Crippen LogP) is 5.06. The van der Waals surface area contributed by atoms with Crippen molar-refractivity contribution in [3.8, 4) is 0 Å². The fourth-order valence-corrected chi connectivity index (χ4v) is 1.55. The van der Waals surface area contributed by atoms with Crippen molar-refractivity contribution in [1.82, 2.24) is 0 Å². The van der Waals surface area contributed by atoms with E-state index in [2.05, 4.69) is 76.2 Å². The third-order valence-corrected chi connectivity index (χ3v) is 2.71. The van der Waals surface area contributed by atoms with E-state index in [1.807, 2.05) is 0 Å². The molecule has 2 rings (SSSR count). The molecular weight excluding hydrogens is 331 g/mol. The number of hydrogen-bond donors (Lipinski definition) is 0. The fourth-order valence-electron chi connectivity index (χ4n) is 1.55. The minimum absolute atomic E-state index is 0. The maximum Gasteiger partial charge on any atom is 0 e. The van der Waals surface area contributed by atoms with E-state index in [1.54, 1.807) is 0 Å². The van der Waals surface area contributed by atoms with Crippen molar-refractivity contribution in [1.29, 1.82) is 0 Å². The average molecular weight is 353 g/mol. The van der Waals surface area contributed by atoms with Gasteiger partial charge in [-0.25, -0.2) is 24.3 Å². The Labute approximate surface area is 134 Å². The number of rotatable bonds is 2. The molecule has 0 N–H and O–H groups in total. The van der Waals surface area contributed by atoms with Gasteiger partial charge in [-0.1, -0.05) is 39.5 Å². The van der Waals surface area contributed by atoms with Gasteiger partial charge in [-0.15, -0.1) is 0 Å². The SMILES string of the molecule is CC(C)[c-]1cccc1.CC(C)[c-]1cccc1.[La]. The van der Waals surface area contributed by atoms with E-state index in [0.717, 1.165) is 0 Å². The molecule has 0 heterocycles. The summed E-state index contributed by atoms with van der Waals surface area (Å²) < 4.78 is 0. The van der Waals surface area contributed by atoms with E-state index in [9.17, 15) is 0 Å². The Morgan fingerprint density at radius 2 is 0.824 bits per heavy atom. The van der Waals surface area contributed by atoms with E-state index in [-0.39, 0.29) is 35.6 Å². The normalized spacial score (nSPS) is 9.76. The smallest absolute Gasteiger partial charge is 0 e. The van der Waals surface area contributed by atoms with Gasteiger partial charge in [0, 0.05) is 35.6 Å². The van der Waals surface area contributed by atoms with Crippen molar-refractivity contribution in [3.05, 3.63) is 59.7 Å². The molecule has 0 saturated carbocycles. The van der Waals surface area contributed by atoms with Crippen molar-refractivity contribution in [2.45, 2.75) is 39.5 Å². The van der Waals surface area contributed by atoms with Crippen LogP contribution in [0.2, 0.25) is 0 Å². The van der Waals surface area contributed by atoms with Crippen LogP contribution in [0.1, 0.15) is 50.7 Å². The van der Waals surface area contributed by atoms with Gasteiger partial charge in [0.1, 0.15) is 0 Å². The molecule has 0 fully saturated rings. The summed E-state index contributed by atoms with van der Waals surface area (Å²) in [5.74, 6) is 1.37. The summed E-state index contributed by atoms with van der Waals surface area (Å²) in [6.45, 7) is 8.81. The summed E-state index contributed by atoms with van der Waals surface area (Å²) in [7, 11) is 0. The molecule has 0 aliphatic rings. The summed E-state index contributed by atoms with van der Waals surface area (Å²) in [6.07, 6.45) is 0. The van der Waals surface area contributed by atoms with Gasteiger partial charge in [-0.2, -0.15) is 35.4 Å². The minimum atomic E-state index is 0. The monoisotopic (exact) mass is 353 g/mol. The van der Waals surface area contributed by atoms with E-state index in [4.69, 9.17) is 0 Å². The van der Waals surface area contributed by atoms with E-state index in [1.165, 1.54) is 11.1 Å². The first-order valence-corrected chi connectivity index (χ1v) is 6.04. The topological polar surface area (TPSA) is 0 Å². The molecular formula is C16H22La-2. The van der Waals surface area contributed by atoms with Gasteiger partial charge in [0.25, 0.3) is 0 Å². The van der Waals surface area contributed by atoms with Crippen molar-refractivity contribution in [2.24, 2.45) is 0 Å². The zero-order valence-electron chi connectivity index (χ0n) is 11.4. The molecule has 0 spiro atoms. The first-order chi connectivity index (χ1) is 7.61. The van der Waals surface area contributed by atoms with Gasteiger partial charge < -0.3 is 0 Å². The van der Waals surface area contributed by atoms with Crippen LogP contribution in [-0.2, 0) is 0 Å². The second-order valence-corrected chi connectivity index (χ2v) is 4.75. The quantitative estimate of drug-likeness (QED) is 0.662. The Kier molecular flexibility index (Phi) is 8.85. The van der Waals surface area contributed by atoms with Crippen LogP contribution >= 0.6 is 0 Å². The summed E-state index contributed by atoms with van der Waals surface area (Å²) in [5, 5.41) is 0. The van der Waals surface area contributed by atoms with Crippen molar-refractivity contribution in [2.75, 3.05) is 0 Å². The molecule has 2 aromatic carbocycles. The second kappa shape index (κ2) is 8.91. The third kappa shape index (κ3) is 6.40. The largest absolute Gasteiger partial charge is 0.213 e. The van der Waals surface area contributed by atoms with Crippen LogP contribution in [0.3, 0.4) is 0 Å². The van der Waals surface area contributed by atoms with Crippen LogP contribution in [0.4, 0.5) is 0 Å². The van der Waals surface area contributed by atoms with Gasteiger partial charge in [-0.05, 0) is 0 Å². The van der Waals surface area contributed by atoms with Gasteiger partial charge in [0.2, 0.25) is 0 Å². The third-order valence-electron chi connectivity index (χ3n) is 2.71. The molecule has 1 radical (unpaired) electrons. The Balaban J connectivity index is 0.000000284. The predicted molar refractivity (Wildman–Crippen MR) is 72.2 cm³/mol. The maximum absolute atomic E-state index is 2.20. The minimum Gasteiger partial charge on any atom is -0.213 e. The Bertz CT molecular complexity index is 314. The molecule has 2 aromatic rings. The molecule has 0 aromatic heterocycles. The molecule has 1 heteroatoms. The van der Waals surface area contributed by atoms with Crippen LogP contribution in [0, 0.1) is 35.6 Å². The van der Waals surface area contributed by atoms with Gasteiger partial charge >= 0.3 is 0 Å². The number of hydrogen-bond acceptors (Lipinski definition) is 0. The molecule has 0 aliphatic carbocycles. The summed E-state index contributed by atoms with van der Waals surface area (Å²) in [6, 6.07) is 16.9. The van der Waals surface area contributed by atoms with Gasteiger partial charge in [-0.3, -0.25) is 0 Å². The Morgan fingerprint density at radius 1 is 0.588 bits per heavy atom. The van der Waals surface area contributed by atoms with E-state index < -0.39 is 0 Å². The molecule has 0 unspecified atom stereocenters. The van der Waals surface area contributed by atoms with Crippen molar-refractivity contribution < 1.29 is 35.6 Å². The van der Waals surface area contributed by atoms with Crippen LogP contribution < -0.4 is 0 Å². The van der Waals surface area contributed by atoms with E-state index >= 15 is 0 Å². The zero-order valence-corrected chi connectivity index (χ0v) is 15.0. The zero-order chi connectivity index (χ0) is 12.0. The molecule has 0 amide bonds. The van der Waals surface area contributed by atoms with Crippen molar-refractivity contribution in [3.63, 3.8) is 0 Å². The summed E-state index contributed by atoms with van der Waals surface area (Å²) in [5.41, 5.74) is 2.87. The van der Waals surface area contributed by atoms with Gasteiger partial charge in [0.15, 0.2) is 0 Å². The van der Waals surface area contributed by atoms with E-state index in [0.29, 0.717) is 11.8 Å². The molecule has 0 atom stereocenters. The second-order valence-electron chi connectivity index (χ2n) is 4.75. The molecule has 0 nitrogen and oxygen atoms in total. The fraction of sp³-hybridized carbons (Fsp3) is 0.375. The van der Waals surface area contributed by atoms with Crippen LogP contribution in [0.15, 0.2) is 48.5 Å². The standard InChI is InChI=1S/2C8H11.La/c2*1-7(2)8-5-3-4-6-8;/h2*3-7H,1-2H3;/q2*-1;. The van der Waals surface area contributed by atoms with Gasteiger partial charge in [0.05, 0.1) is 0 Å². The maximum atomic E-state index is 2.20. The molecule has 0 bridgehead atoms. The Hall–Kier alpha value is -0.105. The summed E-state index contributed by atoms with van der Waals surface area (Å²) in [4.78, 5) is 0. The van der Waals surface area contributed by atoms with Crippen molar-refractivity contribution >= 4 is 0 Å². The van der Waals surface area contributed by atoms with Crippen LogP contribution in [0.5, 0.6) is 0 Å². The first-order valence-electron chi connectivity index (χ1n) is 6.04. The molecule has 17 heavy (non-hydrogen) atoms. The van der Waals surface area contributed by atoms with Crippen LogP contribution in [-0.4, -0.2) is 0 Å². The molecule has 0 aliphatic heterocycles. The first kappa shape index (κ1) is 16.9. The van der Waals surface area contributed by atoms with Crippen LogP contribution in [0.25, 0.3) is 0 Å². The molecule has 91 valence electrons. The molecule has 0 saturated heterocycles.